The van der Waals surface area contributed by atoms with Gasteiger partial charge in [0.05, 0.1) is 12.5 Å². The summed E-state index contributed by atoms with van der Waals surface area (Å²) < 4.78 is 0. The van der Waals surface area contributed by atoms with Crippen LogP contribution in [-0.2, 0) is 78.3 Å². The molecule has 0 aliphatic carbocycles. The maximum atomic E-state index is 14.4. The van der Waals surface area contributed by atoms with Gasteiger partial charge in [0.25, 0.3) is 0 Å². The molecule has 2 aliphatic heterocycles. The zero-order chi connectivity index (χ0) is 67.5. The Morgan fingerprint density at radius 1 is 0.522 bits per heavy atom. The molecule has 32 nitrogen and oxygen atoms in total. The van der Waals surface area contributed by atoms with Crippen molar-refractivity contribution >= 4 is 88.8 Å². The Hall–Kier alpha value is -8.81. The highest BCUT2D eigenvalue weighted by atomic mass is 16.4. The van der Waals surface area contributed by atoms with E-state index in [2.05, 4.69) is 53.2 Å². The number of carbonyl (C=O) groups is 15. The van der Waals surface area contributed by atoms with Crippen molar-refractivity contribution in [1.29, 1.82) is 0 Å². The number of nitrogens with zero attached hydrogens (tertiary/aromatic N) is 1. The van der Waals surface area contributed by atoms with Crippen LogP contribution in [0, 0.1) is 11.8 Å². The van der Waals surface area contributed by atoms with E-state index in [1.165, 1.54) is 25.7 Å². The summed E-state index contributed by atoms with van der Waals surface area (Å²) in [7, 11) is 0. The fourth-order valence-corrected chi connectivity index (χ4v) is 9.81. The quantitative estimate of drug-likeness (QED) is 0.0281. The van der Waals surface area contributed by atoms with Crippen molar-refractivity contribution in [2.75, 3.05) is 19.6 Å². The lowest BCUT2D eigenvalue weighted by Crippen LogP contribution is -2.61. The average molecular weight is 1270 g/mol. The standard InChI is InChI=1S/C58H90N14O18/c1-29(2)45(71-54(85)41-19-14-26-72(41)57(88)38(21-23-43(74)75)67-48(79)32(6)62-47(78)31(5)63-50(81)35-18-13-25-61-35)55(86)64-33(7)49(80)68-39(27-34-15-9-8-10-16-34)53(84)70-46(30(3)4)56(87)66-36(17-11-12-24-59)51(82)65-37(20-22-42(60)73)52(83)69-40(58(89)90)28-44(76)77/h8-10,15-16,29-33,35-41,45-46,61H,11-14,17-28,59H2,1-7H3,(H2,60,73)(H,62,78)(H,63,81)(H,64,86)(H,65,82)(H,66,87)(H,67,79)(H,68,80)(H,69,83)(H,70,84)(H,71,85)(H,74,75)(H,76,77)(H,89,90)/t31-,32-,33-,35-,36-,37-,38-,39-,40-,41-,45-,46-/m0/s1. The number of carboxylic acid groups (broad SMARTS) is 3. The lowest BCUT2D eigenvalue weighted by atomic mass is 9.99. The largest absolute Gasteiger partial charge is 0.481 e. The first-order valence-corrected chi connectivity index (χ1v) is 30.1. The molecule has 2 heterocycles. The lowest BCUT2D eigenvalue weighted by Gasteiger charge is -2.31. The summed E-state index contributed by atoms with van der Waals surface area (Å²) in [5.74, 6) is -15.9. The van der Waals surface area contributed by atoms with Crippen molar-refractivity contribution in [2.45, 2.75) is 204 Å². The smallest absolute Gasteiger partial charge is 0.326 e. The zero-order valence-electron chi connectivity index (χ0n) is 51.9. The molecule has 90 heavy (non-hydrogen) atoms. The fourth-order valence-electron chi connectivity index (χ4n) is 9.81. The number of nitrogens with one attached hydrogen (secondary N) is 11. The van der Waals surface area contributed by atoms with E-state index in [0.29, 0.717) is 31.4 Å². The Bertz CT molecular complexity index is 2730. The Kier molecular flexibility index (Phi) is 31.2. The summed E-state index contributed by atoms with van der Waals surface area (Å²) in [5.41, 5.74) is 11.5. The second-order valence-electron chi connectivity index (χ2n) is 23.1. The monoisotopic (exact) mass is 1270 g/mol. The molecule has 2 saturated heterocycles. The van der Waals surface area contributed by atoms with Gasteiger partial charge in [0.2, 0.25) is 70.9 Å². The molecular weight excluding hydrogens is 1180 g/mol. The van der Waals surface area contributed by atoms with E-state index < -0.39 is 199 Å². The summed E-state index contributed by atoms with van der Waals surface area (Å²) in [6.45, 7) is 11.3. The van der Waals surface area contributed by atoms with Crippen LogP contribution in [0.4, 0.5) is 0 Å². The molecule has 32 heteroatoms. The van der Waals surface area contributed by atoms with Gasteiger partial charge in [-0.15, -0.1) is 0 Å². The van der Waals surface area contributed by atoms with Gasteiger partial charge in [0.1, 0.15) is 66.5 Å². The molecule has 0 spiro atoms. The first-order valence-electron chi connectivity index (χ1n) is 30.1. The van der Waals surface area contributed by atoms with Crippen molar-refractivity contribution in [2.24, 2.45) is 23.3 Å². The molecule has 2 aliphatic rings. The van der Waals surface area contributed by atoms with Crippen molar-refractivity contribution in [3.05, 3.63) is 35.9 Å². The van der Waals surface area contributed by atoms with Crippen LogP contribution in [0.25, 0.3) is 0 Å². The minimum absolute atomic E-state index is 0.0141. The van der Waals surface area contributed by atoms with Gasteiger partial charge in [0, 0.05) is 25.8 Å². The predicted octanol–water partition coefficient (Wildman–Crippen LogP) is -3.99. The van der Waals surface area contributed by atoms with E-state index in [-0.39, 0.29) is 44.7 Å². The van der Waals surface area contributed by atoms with Gasteiger partial charge in [-0.3, -0.25) is 67.1 Å². The number of primary amides is 1. The van der Waals surface area contributed by atoms with Crippen LogP contribution in [0.2, 0.25) is 0 Å². The number of hydrogen-bond donors (Lipinski definition) is 16. The van der Waals surface area contributed by atoms with E-state index in [0.717, 1.165) is 6.42 Å². The number of carbonyl (C=O) groups excluding carboxylic acids is 12. The Morgan fingerprint density at radius 2 is 1.02 bits per heavy atom. The van der Waals surface area contributed by atoms with Crippen molar-refractivity contribution in [3.63, 3.8) is 0 Å². The van der Waals surface area contributed by atoms with Gasteiger partial charge >= 0.3 is 17.9 Å². The molecule has 500 valence electrons. The second-order valence-corrected chi connectivity index (χ2v) is 23.1. The molecule has 12 atom stereocenters. The third kappa shape index (κ3) is 25.0. The lowest BCUT2D eigenvalue weighted by molar-refractivity contribution is -0.147. The topological polar surface area (TPSA) is 504 Å². The number of carboxylic acids is 3. The molecule has 0 aromatic heterocycles. The van der Waals surface area contributed by atoms with Gasteiger partial charge in [0.15, 0.2) is 0 Å². The van der Waals surface area contributed by atoms with Crippen LogP contribution >= 0.6 is 0 Å². The zero-order valence-corrected chi connectivity index (χ0v) is 51.9. The average Bonchev–Trinajstić information content (AvgIpc) is 2.07. The summed E-state index contributed by atoms with van der Waals surface area (Å²) in [4.78, 5) is 199. The summed E-state index contributed by atoms with van der Waals surface area (Å²) in [5, 5.41) is 56.3. The normalized spacial score (nSPS) is 17.8. The van der Waals surface area contributed by atoms with Crippen LogP contribution in [0.3, 0.4) is 0 Å². The van der Waals surface area contributed by atoms with Crippen molar-refractivity contribution in [3.8, 4) is 0 Å². The van der Waals surface area contributed by atoms with E-state index in [1.807, 2.05) is 5.32 Å². The van der Waals surface area contributed by atoms with Gasteiger partial charge in [-0.25, -0.2) is 4.79 Å². The highest BCUT2D eigenvalue weighted by Crippen LogP contribution is 2.21. The number of benzene rings is 1. The molecule has 12 amide bonds. The SMILES string of the molecule is CC(C)[C@H](NC(=O)[C@H](Cc1ccccc1)NC(=O)[C@H](C)NC(=O)[C@@H](NC(=O)[C@@H]1CCCN1C(=O)[C@H](CCC(=O)O)NC(=O)[C@H](C)NC(=O)[C@H](C)NC(=O)[C@@H]1CCCN1)C(C)C)C(=O)N[C@@H](CCCCN)C(=O)N[C@@H](CCC(N)=O)C(=O)N[C@@H](CC(=O)O)C(=O)O. The van der Waals surface area contributed by atoms with Crippen LogP contribution in [0.1, 0.15) is 131 Å². The highest BCUT2D eigenvalue weighted by Gasteiger charge is 2.41. The van der Waals surface area contributed by atoms with Gasteiger partial charge < -0.3 is 90.2 Å². The molecule has 0 bridgehead atoms. The van der Waals surface area contributed by atoms with Gasteiger partial charge in [-0.1, -0.05) is 58.0 Å². The maximum Gasteiger partial charge on any atom is 0.326 e. The van der Waals surface area contributed by atoms with E-state index in [4.69, 9.17) is 11.5 Å². The third-order valence-corrected chi connectivity index (χ3v) is 15.0. The van der Waals surface area contributed by atoms with Crippen LogP contribution in [-0.4, -0.2) is 201 Å². The molecule has 18 N–H and O–H groups in total. The van der Waals surface area contributed by atoms with Gasteiger partial charge in [-0.05, 0) is 109 Å². The van der Waals surface area contributed by atoms with E-state index in [9.17, 15) is 87.2 Å². The molecule has 0 unspecified atom stereocenters. The Labute approximate surface area is 521 Å². The second kappa shape index (κ2) is 37.2. The van der Waals surface area contributed by atoms with Crippen molar-refractivity contribution < 1.29 is 87.2 Å². The van der Waals surface area contributed by atoms with E-state index >= 15 is 0 Å². The predicted molar refractivity (Wildman–Crippen MR) is 320 cm³/mol. The molecule has 3 rings (SSSR count). The molecule has 0 saturated carbocycles. The van der Waals surface area contributed by atoms with Crippen LogP contribution in [0.5, 0.6) is 0 Å². The minimum Gasteiger partial charge on any atom is -0.481 e. The molecular formula is C58H90N14O18. The van der Waals surface area contributed by atoms with E-state index in [1.54, 1.807) is 58.0 Å². The first kappa shape index (κ1) is 75.4. The minimum atomic E-state index is -1.92. The number of amides is 12. The number of likely N-dealkylation sites (tertiary alicyclic amines) is 1. The fraction of sp³-hybridized carbons (Fsp3) is 0.638. The highest BCUT2D eigenvalue weighted by molar-refractivity contribution is 6.00. The number of rotatable bonds is 38. The number of nitrogens with two attached hydrogens (primary N) is 2. The van der Waals surface area contributed by atoms with Crippen molar-refractivity contribution in [1.82, 2.24) is 63.4 Å². The molecule has 0 radical (unpaired) electrons. The summed E-state index contributed by atoms with van der Waals surface area (Å²) in [6.07, 6.45) is -0.696. The molecule has 1 aromatic rings. The Morgan fingerprint density at radius 3 is 1.57 bits per heavy atom. The molecule has 1 aromatic carbocycles. The number of hydrogen-bond acceptors (Lipinski definition) is 17. The summed E-state index contributed by atoms with van der Waals surface area (Å²) >= 11 is 0. The first-order chi connectivity index (χ1) is 42.3. The number of unbranched alkanes of at least 4 members (excludes halogenated alkanes) is 1. The Balaban J connectivity index is 1.78. The maximum absolute atomic E-state index is 14.4. The molecule has 2 fully saturated rings. The van der Waals surface area contributed by atoms with Gasteiger partial charge in [-0.2, -0.15) is 0 Å². The third-order valence-electron chi connectivity index (χ3n) is 15.0. The number of aliphatic carboxylic acids is 3. The summed E-state index contributed by atoms with van der Waals surface area (Å²) in [6, 6.07) is -7.51. The van der Waals surface area contributed by atoms with Crippen LogP contribution < -0.4 is 70.0 Å². The van der Waals surface area contributed by atoms with Crippen LogP contribution in [0.15, 0.2) is 30.3 Å².